The quantitative estimate of drug-likeness (QED) is 0.922. The average molecular weight is 280 g/mol. The van der Waals surface area contributed by atoms with Crippen LogP contribution in [-0.2, 0) is 16.9 Å². The first-order chi connectivity index (χ1) is 8.39. The van der Waals surface area contributed by atoms with Gasteiger partial charge in [-0.15, -0.1) is 11.3 Å². The Morgan fingerprint density at radius 2 is 2.06 bits per heavy atom. The molecule has 1 aliphatic rings. The number of nitrogens with two attached hydrogens (primary N) is 1. The number of hydrogen-bond donors (Lipinski definition) is 1. The highest BCUT2D eigenvalue weighted by Gasteiger charge is 2.33. The standard InChI is InChI=1S/C11H15F3N2OS/c12-11(13,14)7-17-5-9-16-8(6-18-9)10(15)3-1-2-4-10/h6H,1-5,7,15H2. The molecule has 0 aliphatic heterocycles. The molecular weight excluding hydrogens is 265 g/mol. The minimum absolute atomic E-state index is 0.111. The van der Waals surface area contributed by atoms with Crippen LogP contribution in [0.2, 0.25) is 0 Å². The number of nitrogens with zero attached hydrogens (tertiary/aromatic N) is 1. The molecule has 0 amide bonds. The molecule has 0 aromatic carbocycles. The van der Waals surface area contributed by atoms with Gasteiger partial charge in [0.2, 0.25) is 0 Å². The Balaban J connectivity index is 1.90. The number of aromatic nitrogens is 1. The zero-order valence-corrected chi connectivity index (χ0v) is 10.6. The van der Waals surface area contributed by atoms with Gasteiger partial charge in [-0.1, -0.05) is 12.8 Å². The van der Waals surface area contributed by atoms with Gasteiger partial charge < -0.3 is 10.5 Å². The lowest BCUT2D eigenvalue weighted by Gasteiger charge is -2.20. The molecule has 2 N–H and O–H groups in total. The van der Waals surface area contributed by atoms with E-state index in [4.69, 9.17) is 5.73 Å². The van der Waals surface area contributed by atoms with Gasteiger partial charge in [0.15, 0.2) is 0 Å². The molecule has 1 aliphatic carbocycles. The molecule has 7 heteroatoms. The Hall–Kier alpha value is -0.660. The first-order valence-electron chi connectivity index (χ1n) is 5.77. The van der Waals surface area contributed by atoms with E-state index in [1.54, 1.807) is 0 Å². The van der Waals surface area contributed by atoms with Gasteiger partial charge >= 0.3 is 6.18 Å². The molecular formula is C11H15F3N2OS. The maximum Gasteiger partial charge on any atom is 0.411 e. The second-order valence-corrected chi connectivity index (χ2v) is 5.54. The highest BCUT2D eigenvalue weighted by Crippen LogP contribution is 2.36. The van der Waals surface area contributed by atoms with Gasteiger partial charge in [-0.05, 0) is 12.8 Å². The van der Waals surface area contributed by atoms with E-state index in [-0.39, 0.29) is 6.61 Å². The number of ether oxygens (including phenoxy) is 1. The van der Waals surface area contributed by atoms with Crippen LogP contribution in [0.4, 0.5) is 13.2 Å². The van der Waals surface area contributed by atoms with E-state index < -0.39 is 18.3 Å². The second kappa shape index (κ2) is 5.14. The summed E-state index contributed by atoms with van der Waals surface area (Å²) in [5.74, 6) is 0. The van der Waals surface area contributed by atoms with Crippen molar-refractivity contribution in [3.8, 4) is 0 Å². The molecule has 1 aromatic heterocycles. The third kappa shape index (κ3) is 3.43. The summed E-state index contributed by atoms with van der Waals surface area (Å²) in [4.78, 5) is 4.28. The van der Waals surface area contributed by atoms with Gasteiger partial charge in [-0.25, -0.2) is 4.98 Å². The lowest BCUT2D eigenvalue weighted by atomic mass is 9.96. The zero-order valence-electron chi connectivity index (χ0n) is 9.79. The summed E-state index contributed by atoms with van der Waals surface area (Å²) >= 11 is 1.30. The van der Waals surface area contributed by atoms with Crippen molar-refractivity contribution in [2.75, 3.05) is 6.61 Å². The van der Waals surface area contributed by atoms with Crippen molar-refractivity contribution in [3.63, 3.8) is 0 Å². The van der Waals surface area contributed by atoms with Crippen LogP contribution < -0.4 is 5.73 Å². The molecule has 1 heterocycles. The Morgan fingerprint density at radius 3 is 2.67 bits per heavy atom. The van der Waals surface area contributed by atoms with E-state index in [1.165, 1.54) is 11.3 Å². The summed E-state index contributed by atoms with van der Waals surface area (Å²) in [5.41, 5.74) is 6.61. The van der Waals surface area contributed by atoms with Crippen LogP contribution in [0.3, 0.4) is 0 Å². The number of rotatable bonds is 4. The van der Waals surface area contributed by atoms with Crippen LogP contribution >= 0.6 is 11.3 Å². The normalized spacial score (nSPS) is 19.3. The molecule has 18 heavy (non-hydrogen) atoms. The van der Waals surface area contributed by atoms with Crippen molar-refractivity contribution >= 4 is 11.3 Å². The predicted octanol–water partition coefficient (Wildman–Crippen LogP) is 2.95. The van der Waals surface area contributed by atoms with Crippen LogP contribution in [0.15, 0.2) is 5.38 Å². The highest BCUT2D eigenvalue weighted by molar-refractivity contribution is 7.09. The van der Waals surface area contributed by atoms with E-state index in [0.29, 0.717) is 5.01 Å². The van der Waals surface area contributed by atoms with E-state index in [1.807, 2.05) is 5.38 Å². The highest BCUT2D eigenvalue weighted by atomic mass is 32.1. The second-order valence-electron chi connectivity index (χ2n) is 4.60. The molecule has 0 spiro atoms. The predicted molar refractivity (Wildman–Crippen MR) is 62.2 cm³/mol. The topological polar surface area (TPSA) is 48.1 Å². The molecule has 2 rings (SSSR count). The molecule has 102 valence electrons. The summed E-state index contributed by atoms with van der Waals surface area (Å²) < 4.78 is 40.3. The smallest absolute Gasteiger partial charge is 0.365 e. The van der Waals surface area contributed by atoms with Gasteiger partial charge in [0.25, 0.3) is 0 Å². The van der Waals surface area contributed by atoms with E-state index in [9.17, 15) is 13.2 Å². The Bertz CT molecular complexity index is 399. The lowest BCUT2D eigenvalue weighted by molar-refractivity contribution is -0.176. The minimum atomic E-state index is -4.29. The molecule has 1 saturated carbocycles. The van der Waals surface area contributed by atoms with Crippen LogP contribution in [0.1, 0.15) is 36.4 Å². The number of hydrogen-bond acceptors (Lipinski definition) is 4. The molecule has 0 unspecified atom stereocenters. The average Bonchev–Trinajstić information content (AvgIpc) is 2.86. The molecule has 0 atom stereocenters. The van der Waals surface area contributed by atoms with Gasteiger partial charge in [-0.2, -0.15) is 13.2 Å². The van der Waals surface area contributed by atoms with Crippen molar-refractivity contribution in [3.05, 3.63) is 16.1 Å². The monoisotopic (exact) mass is 280 g/mol. The van der Waals surface area contributed by atoms with Gasteiger partial charge in [0.05, 0.1) is 17.8 Å². The first-order valence-corrected chi connectivity index (χ1v) is 6.65. The van der Waals surface area contributed by atoms with E-state index in [2.05, 4.69) is 9.72 Å². The molecule has 0 bridgehead atoms. The fourth-order valence-corrected chi connectivity index (χ4v) is 2.96. The van der Waals surface area contributed by atoms with Crippen LogP contribution in [0, 0.1) is 0 Å². The number of alkyl halides is 3. The van der Waals surface area contributed by atoms with Crippen molar-refractivity contribution < 1.29 is 17.9 Å². The molecule has 1 aromatic rings. The summed E-state index contributed by atoms with van der Waals surface area (Å²) in [6.45, 7) is -1.35. The minimum Gasteiger partial charge on any atom is -0.365 e. The van der Waals surface area contributed by atoms with Crippen molar-refractivity contribution in [2.45, 2.75) is 44.0 Å². The third-order valence-electron chi connectivity index (χ3n) is 3.05. The van der Waals surface area contributed by atoms with E-state index >= 15 is 0 Å². The maximum absolute atomic E-state index is 11.9. The zero-order chi connectivity index (χ0) is 13.2. The summed E-state index contributed by atoms with van der Waals surface area (Å²) in [6.07, 6.45) is -0.359. The number of thiazole rings is 1. The van der Waals surface area contributed by atoms with Gasteiger partial charge in [0, 0.05) is 5.38 Å². The molecule has 0 radical (unpaired) electrons. The maximum atomic E-state index is 11.9. The Kier molecular flexibility index (Phi) is 3.93. The first kappa shape index (κ1) is 13.8. The molecule has 0 saturated heterocycles. The van der Waals surface area contributed by atoms with Crippen molar-refractivity contribution in [1.82, 2.24) is 4.98 Å². The van der Waals surface area contributed by atoms with Crippen LogP contribution in [0.5, 0.6) is 0 Å². The largest absolute Gasteiger partial charge is 0.411 e. The number of halogens is 3. The Labute approximate surface area is 107 Å². The van der Waals surface area contributed by atoms with Crippen molar-refractivity contribution in [2.24, 2.45) is 5.73 Å². The van der Waals surface area contributed by atoms with E-state index in [0.717, 1.165) is 31.4 Å². The van der Waals surface area contributed by atoms with Gasteiger partial charge in [-0.3, -0.25) is 0 Å². The fourth-order valence-electron chi connectivity index (χ4n) is 2.12. The molecule has 1 fully saturated rings. The van der Waals surface area contributed by atoms with Crippen molar-refractivity contribution in [1.29, 1.82) is 0 Å². The van der Waals surface area contributed by atoms with Crippen LogP contribution in [-0.4, -0.2) is 17.8 Å². The summed E-state index contributed by atoms with van der Waals surface area (Å²) in [6, 6.07) is 0. The van der Waals surface area contributed by atoms with Crippen LogP contribution in [0.25, 0.3) is 0 Å². The molecule has 3 nitrogen and oxygen atoms in total. The third-order valence-corrected chi connectivity index (χ3v) is 3.87. The lowest BCUT2D eigenvalue weighted by Crippen LogP contribution is -2.33. The van der Waals surface area contributed by atoms with Gasteiger partial charge in [0.1, 0.15) is 11.6 Å². The SMILES string of the molecule is NC1(c2csc(COCC(F)(F)F)n2)CCCC1. The summed E-state index contributed by atoms with van der Waals surface area (Å²) in [7, 11) is 0. The summed E-state index contributed by atoms with van der Waals surface area (Å²) in [5, 5.41) is 2.38. The Morgan fingerprint density at radius 1 is 1.39 bits per heavy atom. The fraction of sp³-hybridized carbons (Fsp3) is 0.727.